The average Bonchev–Trinajstić information content (AvgIpc) is 3.89. The lowest BCUT2D eigenvalue weighted by atomic mass is 9.67. The molecule has 2 aromatic heterocycles. The summed E-state index contributed by atoms with van der Waals surface area (Å²) in [6, 6.07) is 80.3. The van der Waals surface area contributed by atoms with Gasteiger partial charge in [-0.2, -0.15) is 0 Å². The Morgan fingerprint density at radius 2 is 0.823 bits per heavy atom. The zero-order valence-electron chi connectivity index (χ0n) is 33.6. The Morgan fingerprint density at radius 1 is 0.323 bits per heavy atom. The molecule has 0 saturated heterocycles. The molecular formula is C58H37N3S. The molecule has 0 spiro atoms. The van der Waals surface area contributed by atoms with Crippen molar-refractivity contribution in [2.24, 2.45) is 0 Å². The first kappa shape index (κ1) is 36.1. The van der Waals surface area contributed by atoms with Crippen molar-refractivity contribution in [3.8, 4) is 67.5 Å². The normalized spacial score (nSPS) is 12.6. The van der Waals surface area contributed by atoms with Gasteiger partial charge in [-0.1, -0.05) is 206 Å². The van der Waals surface area contributed by atoms with Gasteiger partial charge in [-0.15, -0.1) is 11.3 Å². The molecule has 11 aromatic rings. The molecule has 0 unspecified atom stereocenters. The van der Waals surface area contributed by atoms with Crippen molar-refractivity contribution in [1.82, 2.24) is 15.0 Å². The molecule has 1 aliphatic carbocycles. The Kier molecular flexibility index (Phi) is 8.58. The highest BCUT2D eigenvalue weighted by molar-refractivity contribution is 7.25. The topological polar surface area (TPSA) is 38.7 Å². The maximum Gasteiger partial charge on any atom is 0.164 e. The minimum Gasteiger partial charge on any atom is -0.208 e. The maximum atomic E-state index is 5.46. The van der Waals surface area contributed by atoms with Crippen LogP contribution in [0.5, 0.6) is 0 Å². The van der Waals surface area contributed by atoms with E-state index in [4.69, 9.17) is 15.0 Å². The number of benzene rings is 9. The Morgan fingerprint density at radius 3 is 1.60 bits per heavy atom. The molecule has 290 valence electrons. The number of hydrogen-bond donors (Lipinski definition) is 0. The molecule has 12 rings (SSSR count). The fourth-order valence-electron chi connectivity index (χ4n) is 9.81. The highest BCUT2D eigenvalue weighted by Gasteiger charge is 2.47. The molecule has 0 amide bonds. The molecule has 0 saturated carbocycles. The molecule has 0 N–H and O–H groups in total. The molecule has 2 heterocycles. The maximum absolute atomic E-state index is 5.46. The fraction of sp³-hybridized carbons (Fsp3) is 0.0172. The Bertz CT molecular complexity index is 3430. The zero-order valence-corrected chi connectivity index (χ0v) is 34.4. The third kappa shape index (κ3) is 5.68. The van der Waals surface area contributed by atoms with E-state index in [0.717, 1.165) is 38.9 Å². The average molecular weight is 808 g/mol. The lowest BCUT2D eigenvalue weighted by Crippen LogP contribution is -2.28. The summed E-state index contributed by atoms with van der Waals surface area (Å²) >= 11 is 1.84. The van der Waals surface area contributed by atoms with Crippen molar-refractivity contribution < 1.29 is 0 Å². The molecule has 0 fully saturated rings. The predicted molar refractivity (Wildman–Crippen MR) is 257 cm³/mol. The SMILES string of the molecule is c1ccc(-c2ccccc2-c2nc(-c3cccc(-c4cccc5sc6ccccc6c45)c3)nc(-c3cccc4c3-c3ccccc3C4(c3ccccc3)c3ccccc3)n2)cc1. The van der Waals surface area contributed by atoms with Gasteiger partial charge < -0.3 is 0 Å². The first-order valence-electron chi connectivity index (χ1n) is 21.0. The number of nitrogens with zero attached hydrogens (tertiary/aromatic N) is 3. The second-order valence-electron chi connectivity index (χ2n) is 15.8. The minimum absolute atomic E-state index is 0.551. The molecule has 9 aromatic carbocycles. The lowest BCUT2D eigenvalue weighted by Gasteiger charge is -2.33. The van der Waals surface area contributed by atoms with Crippen LogP contribution in [0.4, 0.5) is 0 Å². The Balaban J connectivity index is 1.12. The van der Waals surface area contributed by atoms with Crippen LogP contribution in [-0.4, -0.2) is 15.0 Å². The Labute approximate surface area is 364 Å². The standard InChI is InChI=1S/C58H37N3S/c1-4-19-38(20-5-1)43-27-10-11-28-45(43)56-59-55(40-22-16-21-39(37-40)44-31-18-36-52-54(44)47-30-13-15-35-51(47)62-52)60-57(61-56)48-32-17-34-50-53(48)46-29-12-14-33-49(46)58(50,41-23-6-2-7-24-41)42-25-8-3-9-26-42/h1-37H. The molecule has 4 heteroatoms. The molecular weight excluding hydrogens is 771 g/mol. The van der Waals surface area contributed by atoms with Crippen LogP contribution in [0, 0.1) is 0 Å². The number of thiophene rings is 1. The van der Waals surface area contributed by atoms with Crippen LogP contribution in [0.3, 0.4) is 0 Å². The van der Waals surface area contributed by atoms with E-state index in [1.54, 1.807) is 0 Å². The number of aromatic nitrogens is 3. The second-order valence-corrected chi connectivity index (χ2v) is 16.9. The van der Waals surface area contributed by atoms with Gasteiger partial charge in [0.15, 0.2) is 17.5 Å². The van der Waals surface area contributed by atoms with Gasteiger partial charge in [0.25, 0.3) is 0 Å². The van der Waals surface area contributed by atoms with Gasteiger partial charge in [-0.05, 0) is 73.8 Å². The summed E-state index contributed by atoms with van der Waals surface area (Å²) < 4.78 is 2.56. The molecule has 3 nitrogen and oxygen atoms in total. The molecule has 0 radical (unpaired) electrons. The molecule has 62 heavy (non-hydrogen) atoms. The van der Waals surface area contributed by atoms with Crippen molar-refractivity contribution in [2.75, 3.05) is 0 Å². The summed E-state index contributed by atoms with van der Waals surface area (Å²) in [5, 5.41) is 2.55. The first-order valence-corrected chi connectivity index (χ1v) is 21.8. The third-order valence-electron chi connectivity index (χ3n) is 12.4. The van der Waals surface area contributed by atoms with Crippen LogP contribution >= 0.6 is 11.3 Å². The van der Waals surface area contributed by atoms with E-state index in [1.165, 1.54) is 53.6 Å². The number of hydrogen-bond acceptors (Lipinski definition) is 4. The van der Waals surface area contributed by atoms with E-state index in [1.807, 2.05) is 11.3 Å². The summed E-state index contributed by atoms with van der Waals surface area (Å²) in [4.78, 5) is 16.3. The van der Waals surface area contributed by atoms with E-state index in [9.17, 15) is 0 Å². The van der Waals surface area contributed by atoms with Crippen molar-refractivity contribution in [3.05, 3.63) is 247 Å². The van der Waals surface area contributed by atoms with Gasteiger partial charge in [0.2, 0.25) is 0 Å². The second kappa shape index (κ2) is 14.7. The number of fused-ring (bicyclic) bond motifs is 6. The summed E-state index contributed by atoms with van der Waals surface area (Å²) in [5.74, 6) is 1.88. The van der Waals surface area contributed by atoms with Crippen molar-refractivity contribution >= 4 is 31.5 Å². The monoisotopic (exact) mass is 807 g/mol. The molecule has 0 aliphatic heterocycles. The van der Waals surface area contributed by atoms with Gasteiger partial charge in [0.05, 0.1) is 5.41 Å². The van der Waals surface area contributed by atoms with Gasteiger partial charge in [0.1, 0.15) is 0 Å². The largest absolute Gasteiger partial charge is 0.208 e. The molecule has 1 aliphatic rings. The van der Waals surface area contributed by atoms with Crippen LogP contribution < -0.4 is 0 Å². The van der Waals surface area contributed by atoms with Crippen molar-refractivity contribution in [1.29, 1.82) is 0 Å². The molecule has 0 bridgehead atoms. The van der Waals surface area contributed by atoms with Gasteiger partial charge in [0, 0.05) is 36.9 Å². The van der Waals surface area contributed by atoms with Crippen LogP contribution in [0.1, 0.15) is 22.3 Å². The summed E-state index contributed by atoms with van der Waals surface area (Å²) in [5.41, 5.74) is 14.0. The van der Waals surface area contributed by atoms with Crippen LogP contribution in [-0.2, 0) is 5.41 Å². The first-order chi connectivity index (χ1) is 30.8. The third-order valence-corrected chi connectivity index (χ3v) is 13.6. The summed E-state index contributed by atoms with van der Waals surface area (Å²) in [6.07, 6.45) is 0. The lowest BCUT2D eigenvalue weighted by molar-refractivity contribution is 0.768. The number of rotatable bonds is 7. The van der Waals surface area contributed by atoms with Crippen molar-refractivity contribution in [3.63, 3.8) is 0 Å². The zero-order chi connectivity index (χ0) is 41.0. The molecule has 0 atom stereocenters. The Hall–Kier alpha value is -7.79. The van der Waals surface area contributed by atoms with Gasteiger partial charge in [-0.25, -0.2) is 15.0 Å². The van der Waals surface area contributed by atoms with Crippen LogP contribution in [0.25, 0.3) is 87.7 Å². The van der Waals surface area contributed by atoms with Crippen molar-refractivity contribution in [2.45, 2.75) is 5.41 Å². The highest BCUT2D eigenvalue weighted by Crippen LogP contribution is 2.58. The summed E-state index contributed by atoms with van der Waals surface area (Å²) in [6.45, 7) is 0. The van der Waals surface area contributed by atoms with Gasteiger partial charge in [-0.3, -0.25) is 0 Å². The summed E-state index contributed by atoms with van der Waals surface area (Å²) in [7, 11) is 0. The van der Waals surface area contributed by atoms with Crippen LogP contribution in [0.2, 0.25) is 0 Å². The van der Waals surface area contributed by atoms with E-state index in [2.05, 4.69) is 224 Å². The smallest absolute Gasteiger partial charge is 0.164 e. The van der Waals surface area contributed by atoms with E-state index in [-0.39, 0.29) is 0 Å². The van der Waals surface area contributed by atoms with E-state index >= 15 is 0 Å². The van der Waals surface area contributed by atoms with Crippen LogP contribution in [0.15, 0.2) is 224 Å². The predicted octanol–water partition coefficient (Wildman–Crippen LogP) is 14.9. The quantitative estimate of drug-likeness (QED) is 0.161. The van der Waals surface area contributed by atoms with E-state index in [0.29, 0.717) is 17.5 Å². The highest BCUT2D eigenvalue weighted by atomic mass is 32.1. The fourth-order valence-corrected chi connectivity index (χ4v) is 10.9. The van der Waals surface area contributed by atoms with E-state index < -0.39 is 5.41 Å². The minimum atomic E-state index is -0.551. The van der Waals surface area contributed by atoms with Gasteiger partial charge >= 0.3 is 0 Å².